The fraction of sp³-hybridized carbons (Fsp3) is 0.545. The van der Waals surface area contributed by atoms with Crippen LogP contribution in [0.4, 0.5) is 5.82 Å². The first-order valence-electron chi connectivity index (χ1n) is 8.31. The van der Waals surface area contributed by atoms with Crippen LogP contribution in [-0.4, -0.2) is 78.0 Å². The number of anilines is 1. The van der Waals surface area contributed by atoms with Gasteiger partial charge in [0.2, 0.25) is 0 Å². The van der Waals surface area contributed by atoms with Crippen molar-refractivity contribution < 1.29 is 56.3 Å². The van der Waals surface area contributed by atoms with Gasteiger partial charge in [-0.3, -0.25) is 0 Å². The Labute approximate surface area is 185 Å². The van der Waals surface area contributed by atoms with E-state index in [1.165, 1.54) is 17.2 Å². The number of aliphatic hydroxyl groups is 1. The van der Waals surface area contributed by atoms with E-state index in [1.807, 2.05) is 5.82 Å². The zero-order valence-corrected chi connectivity index (χ0v) is 20.3. The summed E-state index contributed by atoms with van der Waals surface area (Å²) in [6.45, 7) is -0.780. The van der Waals surface area contributed by atoms with Crippen molar-refractivity contribution in [1.82, 2.24) is 19.5 Å². The predicted octanol–water partition coefficient (Wildman–Crippen LogP) is -0.449. The molecule has 3 heterocycles. The van der Waals surface area contributed by atoms with E-state index in [9.17, 15) is 28.6 Å². The van der Waals surface area contributed by atoms with E-state index in [0.717, 1.165) is 0 Å². The second-order valence-corrected chi connectivity index (χ2v) is 12.8. The van der Waals surface area contributed by atoms with Gasteiger partial charge in [0.25, 0.3) is 0 Å². The van der Waals surface area contributed by atoms with Crippen LogP contribution in [0.3, 0.4) is 0 Å². The van der Waals surface area contributed by atoms with E-state index < -0.39 is 53.3 Å². The summed E-state index contributed by atoms with van der Waals surface area (Å²) in [6, 6.07) is 0. The van der Waals surface area contributed by atoms with Gasteiger partial charge in [0.1, 0.15) is 0 Å². The average molecular weight is 584 g/mol. The van der Waals surface area contributed by atoms with E-state index in [2.05, 4.69) is 28.1 Å². The number of nitrogens with two attached hydrogens (primary N) is 1. The molecule has 1 saturated heterocycles. The Bertz CT molecular complexity index is 1130. The Morgan fingerprint density at radius 3 is 2.47 bits per heavy atom. The first kappa shape index (κ1) is 25.8. The van der Waals surface area contributed by atoms with Crippen molar-refractivity contribution in [1.29, 1.82) is 0 Å². The van der Waals surface area contributed by atoms with Crippen LogP contribution < -0.4 is 5.73 Å². The van der Waals surface area contributed by atoms with Crippen molar-refractivity contribution in [2.75, 3.05) is 12.3 Å². The second kappa shape index (κ2) is 9.45. The van der Waals surface area contributed by atoms with Gasteiger partial charge in [-0.1, -0.05) is 0 Å². The number of fused-ring (bicyclic) bond motifs is 1. The molecule has 1 aliphatic heterocycles. The molecule has 0 saturated carbocycles. The molecule has 32 heavy (non-hydrogen) atoms. The van der Waals surface area contributed by atoms with Gasteiger partial charge in [-0.15, -0.1) is 0 Å². The molecular weight excluding hydrogens is 566 g/mol. The van der Waals surface area contributed by atoms with E-state index in [1.54, 1.807) is 0 Å². The molecule has 0 aliphatic carbocycles. The number of aliphatic hydroxyl groups excluding tert-OH is 1. The second-order valence-electron chi connectivity index (χ2n) is 6.23. The Morgan fingerprint density at radius 1 is 1.16 bits per heavy atom. The summed E-state index contributed by atoms with van der Waals surface area (Å²) >= 11 is -0.203. The van der Waals surface area contributed by atoms with Gasteiger partial charge in [-0.05, 0) is 0 Å². The maximum atomic E-state index is 11.9. The van der Waals surface area contributed by atoms with E-state index in [4.69, 9.17) is 20.3 Å². The predicted molar refractivity (Wildman–Crippen MR) is 105 cm³/mol. The van der Waals surface area contributed by atoms with Crippen molar-refractivity contribution in [3.05, 3.63) is 12.7 Å². The molecule has 21 heteroatoms. The zero-order valence-electron chi connectivity index (χ0n) is 15.9. The average Bonchev–Trinajstić information content (AvgIpc) is 3.18. The minimum atomic E-state index is -5.65. The van der Waals surface area contributed by atoms with Gasteiger partial charge in [-0.2, -0.15) is 0 Å². The van der Waals surface area contributed by atoms with Crippen LogP contribution in [0.25, 0.3) is 11.2 Å². The molecule has 2 unspecified atom stereocenters. The number of nitrogen functional groups attached to an aromatic ring is 1. The van der Waals surface area contributed by atoms with Crippen molar-refractivity contribution in [3.8, 4) is 0 Å². The van der Waals surface area contributed by atoms with Gasteiger partial charge in [-0.25, -0.2) is 0 Å². The van der Waals surface area contributed by atoms with E-state index in [0.29, 0.717) is 11.2 Å². The van der Waals surface area contributed by atoms with Crippen LogP contribution in [0.5, 0.6) is 0 Å². The fourth-order valence-corrected chi connectivity index (χ4v) is 7.74. The molecule has 0 spiro atoms. The molecule has 0 radical (unpaired) electrons. The molecule has 0 amide bonds. The first-order valence-corrected chi connectivity index (χ1v) is 15.5. The van der Waals surface area contributed by atoms with Gasteiger partial charge in [0.15, 0.2) is 0 Å². The number of ether oxygens (including phenoxy) is 1. The van der Waals surface area contributed by atoms with Crippen molar-refractivity contribution in [3.63, 3.8) is 0 Å². The normalized spacial score (nSPS) is 27.9. The summed E-state index contributed by atoms with van der Waals surface area (Å²) in [5.41, 5.74) is 6.41. The standard InChI is InChI=1S/C11H18N5O12P3Se/c1-32-8-7(17)5(2-25-30(21,22)28-31(23,24)27-29(18,19)20)26-11(8)16-4-15-6-9(12)13-3-14-10(6)16/h3-5,7-8,11,17H,2H2,1H3,(H,21,22)(H,23,24)(H2,12,13,14)(H2,18,19,20)/t5-,7-,8+,11-/m1/s1. The number of rotatable bonds is 9. The monoisotopic (exact) mass is 585 g/mol. The summed E-state index contributed by atoms with van der Waals surface area (Å²) in [5.74, 6) is 1.96. The van der Waals surface area contributed by atoms with Crippen LogP contribution in [0.15, 0.2) is 12.7 Å². The number of hydrogen-bond donors (Lipinski definition) is 6. The Balaban J connectivity index is 1.73. The van der Waals surface area contributed by atoms with Crippen molar-refractivity contribution >= 4 is 55.4 Å². The molecule has 180 valence electrons. The number of phosphoric ester groups is 1. The van der Waals surface area contributed by atoms with E-state index >= 15 is 0 Å². The first-order chi connectivity index (χ1) is 14.7. The van der Waals surface area contributed by atoms with Gasteiger partial charge >= 0.3 is 185 Å². The quantitative estimate of drug-likeness (QED) is 0.161. The molecule has 3 rings (SSSR count). The number of nitrogens with zero attached hydrogens (tertiary/aromatic N) is 4. The van der Waals surface area contributed by atoms with Crippen LogP contribution in [-0.2, 0) is 31.6 Å². The molecule has 17 nitrogen and oxygen atoms in total. The van der Waals surface area contributed by atoms with Crippen LogP contribution in [0.2, 0.25) is 10.6 Å². The summed E-state index contributed by atoms with van der Waals surface area (Å²) in [7, 11) is -16.5. The summed E-state index contributed by atoms with van der Waals surface area (Å²) in [5, 5.41) is 10.6. The maximum absolute atomic E-state index is 11.9. The Kier molecular flexibility index (Phi) is 7.62. The third kappa shape index (κ3) is 6.00. The topological polar surface area (TPSA) is 259 Å². The molecule has 1 aliphatic rings. The number of phosphoric acid groups is 3. The molecule has 2 aromatic heterocycles. The molecule has 2 aromatic rings. The summed E-state index contributed by atoms with van der Waals surface area (Å²) < 4.78 is 53.1. The minimum absolute atomic E-state index is 0.134. The van der Waals surface area contributed by atoms with Crippen molar-refractivity contribution in [2.45, 2.75) is 29.1 Å². The SMILES string of the molecule is C[Se][C@H]1[C@H](O)[C@@H](COP(=O)(O)OP(=O)(O)OP(=O)(O)O)O[C@H]1n1cnc2c(N)ncnc21. The van der Waals surface area contributed by atoms with Crippen LogP contribution in [0, 0.1) is 0 Å². The third-order valence-electron chi connectivity index (χ3n) is 4.06. The summed E-state index contributed by atoms with van der Waals surface area (Å²) in [4.78, 5) is 47.5. The van der Waals surface area contributed by atoms with E-state index in [-0.39, 0.29) is 20.8 Å². The molecule has 7 N–H and O–H groups in total. The zero-order chi connectivity index (χ0) is 23.9. The van der Waals surface area contributed by atoms with Gasteiger partial charge in [0.05, 0.1) is 0 Å². The molecule has 0 aromatic carbocycles. The number of aromatic nitrogens is 4. The molecule has 0 bridgehead atoms. The Morgan fingerprint density at radius 2 is 1.84 bits per heavy atom. The van der Waals surface area contributed by atoms with Crippen molar-refractivity contribution in [2.24, 2.45) is 0 Å². The fourth-order valence-electron chi connectivity index (χ4n) is 2.86. The number of imidazole rings is 1. The van der Waals surface area contributed by atoms with Gasteiger partial charge in [0, 0.05) is 0 Å². The van der Waals surface area contributed by atoms with Crippen LogP contribution in [0.1, 0.15) is 6.23 Å². The van der Waals surface area contributed by atoms with Crippen LogP contribution >= 0.6 is 23.5 Å². The van der Waals surface area contributed by atoms with Gasteiger partial charge < -0.3 is 0 Å². The molecule has 6 atom stereocenters. The third-order valence-corrected chi connectivity index (χ3v) is 10.1. The number of hydrogen-bond acceptors (Lipinski definition) is 12. The summed E-state index contributed by atoms with van der Waals surface area (Å²) in [6.07, 6.45) is -0.567. The molecular formula is C11H18N5O12P3Se. The Hall–Kier alpha value is -0.801. The molecule has 1 fully saturated rings.